The molecule has 0 saturated carbocycles. The van der Waals surface area contributed by atoms with Gasteiger partial charge in [0.25, 0.3) is 0 Å². The van der Waals surface area contributed by atoms with Crippen molar-refractivity contribution in [2.24, 2.45) is 5.92 Å². The lowest BCUT2D eigenvalue weighted by Gasteiger charge is -2.12. The Morgan fingerprint density at radius 2 is 2.06 bits per heavy atom. The van der Waals surface area contributed by atoms with Gasteiger partial charge >= 0.3 is 0 Å². The van der Waals surface area contributed by atoms with Gasteiger partial charge in [-0.3, -0.25) is 0 Å². The molecule has 0 heterocycles. The summed E-state index contributed by atoms with van der Waals surface area (Å²) in [7, 11) is 0. The largest absolute Gasteiger partial charge is 0.492 e. The van der Waals surface area contributed by atoms with Crippen LogP contribution in [0.3, 0.4) is 0 Å². The molecule has 0 spiro atoms. The van der Waals surface area contributed by atoms with Crippen molar-refractivity contribution >= 4 is 23.2 Å². The van der Waals surface area contributed by atoms with Crippen molar-refractivity contribution in [3.8, 4) is 5.75 Å². The number of benzene rings is 1. The highest BCUT2D eigenvalue weighted by atomic mass is 35.5. The molecule has 0 unspecified atom stereocenters. The molecule has 1 nitrogen and oxygen atoms in total. The monoisotopic (exact) mass is 260 g/mol. The molecular formula is C13H18Cl2O. The van der Waals surface area contributed by atoms with Crippen LogP contribution in [-0.2, 0) is 5.88 Å². The second-order valence-electron chi connectivity index (χ2n) is 4.25. The van der Waals surface area contributed by atoms with E-state index in [9.17, 15) is 0 Å². The average Bonchev–Trinajstić information content (AvgIpc) is 2.25. The molecule has 3 heteroatoms. The minimum absolute atomic E-state index is 0.431. The molecule has 90 valence electrons. The normalized spacial score (nSPS) is 10.8. The summed E-state index contributed by atoms with van der Waals surface area (Å²) in [5, 5.41) is 0.641. The maximum Gasteiger partial charge on any atom is 0.142 e. The highest BCUT2D eigenvalue weighted by molar-refractivity contribution is 6.32. The number of ether oxygens (including phenoxy) is 1. The van der Waals surface area contributed by atoms with Crippen LogP contribution >= 0.6 is 23.2 Å². The average molecular weight is 261 g/mol. The first-order valence-electron chi connectivity index (χ1n) is 5.61. The molecule has 0 saturated heterocycles. The molecule has 0 amide bonds. The summed E-state index contributed by atoms with van der Waals surface area (Å²) in [4.78, 5) is 0. The van der Waals surface area contributed by atoms with Crippen molar-refractivity contribution in [3.63, 3.8) is 0 Å². The highest BCUT2D eigenvalue weighted by Crippen LogP contribution is 2.29. The van der Waals surface area contributed by atoms with Gasteiger partial charge < -0.3 is 4.74 Å². The van der Waals surface area contributed by atoms with Gasteiger partial charge in [0.05, 0.1) is 17.5 Å². The summed E-state index contributed by atoms with van der Waals surface area (Å²) in [6, 6.07) is 5.66. The van der Waals surface area contributed by atoms with Gasteiger partial charge in [-0.25, -0.2) is 0 Å². The number of rotatable bonds is 6. The zero-order chi connectivity index (χ0) is 12.0. The maximum atomic E-state index is 6.07. The van der Waals surface area contributed by atoms with Crippen LogP contribution in [0.2, 0.25) is 5.02 Å². The molecule has 0 aliphatic carbocycles. The molecule has 0 N–H and O–H groups in total. The molecule has 0 aliphatic rings. The molecule has 1 aromatic rings. The van der Waals surface area contributed by atoms with E-state index >= 15 is 0 Å². The lowest BCUT2D eigenvalue weighted by molar-refractivity contribution is 0.296. The van der Waals surface area contributed by atoms with Crippen molar-refractivity contribution in [2.45, 2.75) is 32.6 Å². The zero-order valence-corrected chi connectivity index (χ0v) is 11.3. The fourth-order valence-electron chi connectivity index (χ4n) is 1.49. The molecule has 0 aromatic heterocycles. The third-order valence-corrected chi connectivity index (χ3v) is 2.95. The summed E-state index contributed by atoms with van der Waals surface area (Å²) in [5.41, 5.74) is 0.957. The van der Waals surface area contributed by atoms with Crippen LogP contribution in [0.15, 0.2) is 18.2 Å². The van der Waals surface area contributed by atoms with Crippen molar-refractivity contribution in [1.29, 1.82) is 0 Å². The third-order valence-electron chi connectivity index (χ3n) is 2.36. The van der Waals surface area contributed by atoms with Gasteiger partial charge in [-0.15, -0.1) is 11.6 Å². The SMILES string of the molecule is CC(C)CCCOc1c(Cl)cccc1CCl. The Kier molecular flexibility index (Phi) is 6.00. The zero-order valence-electron chi connectivity index (χ0n) is 9.80. The number of hydrogen-bond acceptors (Lipinski definition) is 1. The summed E-state index contributed by atoms with van der Waals surface area (Å²) in [6.07, 6.45) is 2.21. The summed E-state index contributed by atoms with van der Waals surface area (Å²) < 4.78 is 5.69. The summed E-state index contributed by atoms with van der Waals surface area (Å²) in [5.74, 6) is 1.88. The smallest absolute Gasteiger partial charge is 0.142 e. The van der Waals surface area contributed by atoms with Crippen molar-refractivity contribution in [1.82, 2.24) is 0 Å². The quantitative estimate of drug-likeness (QED) is 0.523. The van der Waals surface area contributed by atoms with Gasteiger partial charge in [-0.2, -0.15) is 0 Å². The van der Waals surface area contributed by atoms with E-state index in [2.05, 4.69) is 13.8 Å². The number of hydrogen-bond donors (Lipinski definition) is 0. The van der Waals surface area contributed by atoms with Crippen LogP contribution in [0.4, 0.5) is 0 Å². The second-order valence-corrected chi connectivity index (χ2v) is 4.92. The molecular weight excluding hydrogens is 243 g/mol. The van der Waals surface area contributed by atoms with Gasteiger partial charge in [0, 0.05) is 5.56 Å². The van der Waals surface area contributed by atoms with E-state index in [4.69, 9.17) is 27.9 Å². The van der Waals surface area contributed by atoms with Crippen LogP contribution in [0.1, 0.15) is 32.3 Å². The van der Waals surface area contributed by atoms with Gasteiger partial charge in [-0.05, 0) is 24.8 Å². The first kappa shape index (κ1) is 13.7. The molecule has 0 aliphatic heterocycles. The van der Waals surface area contributed by atoms with Crippen molar-refractivity contribution in [3.05, 3.63) is 28.8 Å². The van der Waals surface area contributed by atoms with Gasteiger partial charge in [0.15, 0.2) is 0 Å². The highest BCUT2D eigenvalue weighted by Gasteiger charge is 2.07. The second kappa shape index (κ2) is 7.03. The molecule has 1 rings (SSSR count). The Morgan fingerprint density at radius 1 is 1.31 bits per heavy atom. The predicted octanol–water partition coefficient (Wildman–Crippen LogP) is 4.89. The fourth-order valence-corrected chi connectivity index (χ4v) is 1.95. The minimum Gasteiger partial charge on any atom is -0.492 e. The lowest BCUT2D eigenvalue weighted by Crippen LogP contribution is -2.02. The first-order valence-corrected chi connectivity index (χ1v) is 6.52. The Hall–Kier alpha value is -0.400. The molecule has 0 fully saturated rings. The van der Waals surface area contributed by atoms with Crippen LogP contribution < -0.4 is 4.74 Å². The van der Waals surface area contributed by atoms with Crippen molar-refractivity contribution in [2.75, 3.05) is 6.61 Å². The van der Waals surface area contributed by atoms with E-state index in [1.807, 2.05) is 18.2 Å². The van der Waals surface area contributed by atoms with E-state index in [0.717, 1.165) is 17.7 Å². The molecule has 0 atom stereocenters. The van der Waals surface area contributed by atoms with Gasteiger partial charge in [0.1, 0.15) is 5.75 Å². The molecule has 0 bridgehead atoms. The van der Waals surface area contributed by atoms with E-state index in [1.54, 1.807) is 0 Å². The summed E-state index contributed by atoms with van der Waals surface area (Å²) in [6.45, 7) is 5.12. The Labute approximate surface area is 108 Å². The maximum absolute atomic E-state index is 6.07. The Morgan fingerprint density at radius 3 is 2.69 bits per heavy atom. The van der Waals surface area contributed by atoms with E-state index in [1.165, 1.54) is 6.42 Å². The molecule has 1 aromatic carbocycles. The Balaban J connectivity index is 2.52. The fraction of sp³-hybridized carbons (Fsp3) is 0.538. The number of alkyl halides is 1. The van der Waals surface area contributed by atoms with Crippen LogP contribution in [-0.4, -0.2) is 6.61 Å². The predicted molar refractivity (Wildman–Crippen MR) is 70.6 cm³/mol. The third kappa shape index (κ3) is 4.23. The minimum atomic E-state index is 0.431. The summed E-state index contributed by atoms with van der Waals surface area (Å²) >= 11 is 11.9. The van der Waals surface area contributed by atoms with E-state index < -0.39 is 0 Å². The van der Waals surface area contributed by atoms with Crippen LogP contribution in [0.25, 0.3) is 0 Å². The van der Waals surface area contributed by atoms with Gasteiger partial charge in [-0.1, -0.05) is 37.6 Å². The Bertz CT molecular complexity index is 324. The topological polar surface area (TPSA) is 9.23 Å². The van der Waals surface area contributed by atoms with Gasteiger partial charge in [0.2, 0.25) is 0 Å². The molecule has 16 heavy (non-hydrogen) atoms. The van der Waals surface area contributed by atoms with Crippen molar-refractivity contribution < 1.29 is 4.74 Å². The van der Waals surface area contributed by atoms with E-state index in [0.29, 0.717) is 23.4 Å². The van der Waals surface area contributed by atoms with Crippen LogP contribution in [0, 0.1) is 5.92 Å². The standard InChI is InChI=1S/C13H18Cl2O/c1-10(2)5-4-8-16-13-11(9-14)6-3-7-12(13)15/h3,6-7,10H,4-5,8-9H2,1-2H3. The lowest BCUT2D eigenvalue weighted by atomic mass is 10.1. The van der Waals surface area contributed by atoms with E-state index in [-0.39, 0.29) is 0 Å². The first-order chi connectivity index (χ1) is 7.65. The van der Waals surface area contributed by atoms with Crippen LogP contribution in [0.5, 0.6) is 5.75 Å². The number of halogens is 2. The molecule has 0 radical (unpaired) electrons. The number of para-hydroxylation sites is 1.